The van der Waals surface area contributed by atoms with Crippen molar-refractivity contribution in [2.75, 3.05) is 20.7 Å². The fourth-order valence-electron chi connectivity index (χ4n) is 4.84. The SMILES string of the molecule is CC[C@H](C)NC(=O)[C@@H](Cc1ccccc1)N(Cc1cccc(OC)c1)C(=O)CN(C)S(=O)(=O)c1ccc2ccccc2c1. The van der Waals surface area contributed by atoms with Crippen molar-refractivity contribution >= 4 is 32.6 Å². The minimum atomic E-state index is -4.01. The normalized spacial score (nSPS) is 13.0. The van der Waals surface area contributed by atoms with Crippen molar-refractivity contribution in [3.63, 3.8) is 0 Å². The number of hydrogen-bond acceptors (Lipinski definition) is 5. The number of hydrogen-bond donors (Lipinski definition) is 1. The second kappa shape index (κ2) is 14.3. The molecule has 0 fully saturated rings. The molecule has 4 rings (SSSR count). The second-order valence-electron chi connectivity index (χ2n) is 10.7. The molecule has 0 aliphatic heterocycles. The molecule has 43 heavy (non-hydrogen) atoms. The van der Waals surface area contributed by atoms with E-state index in [1.165, 1.54) is 11.9 Å². The van der Waals surface area contributed by atoms with Crippen molar-refractivity contribution in [1.82, 2.24) is 14.5 Å². The molecule has 2 atom stereocenters. The van der Waals surface area contributed by atoms with Gasteiger partial charge in [-0.2, -0.15) is 4.31 Å². The van der Waals surface area contributed by atoms with Crippen LogP contribution in [0.4, 0.5) is 0 Å². The van der Waals surface area contributed by atoms with Gasteiger partial charge in [0, 0.05) is 26.1 Å². The van der Waals surface area contributed by atoms with Crippen molar-refractivity contribution in [2.24, 2.45) is 0 Å². The third-order valence-corrected chi connectivity index (χ3v) is 9.35. The molecular formula is C34H39N3O5S. The van der Waals surface area contributed by atoms with Gasteiger partial charge in [0.1, 0.15) is 11.8 Å². The van der Waals surface area contributed by atoms with E-state index in [1.807, 2.05) is 86.6 Å². The second-order valence-corrected chi connectivity index (χ2v) is 12.7. The van der Waals surface area contributed by atoms with E-state index in [9.17, 15) is 18.0 Å². The number of carbonyl (C=O) groups is 2. The maximum Gasteiger partial charge on any atom is 0.243 e. The molecule has 4 aromatic carbocycles. The number of benzene rings is 4. The van der Waals surface area contributed by atoms with Crippen LogP contribution in [0.3, 0.4) is 0 Å². The van der Waals surface area contributed by atoms with Gasteiger partial charge in [-0.05, 0) is 59.5 Å². The molecule has 0 saturated heterocycles. The van der Waals surface area contributed by atoms with Crippen LogP contribution < -0.4 is 10.1 Å². The number of amides is 2. The van der Waals surface area contributed by atoms with Crippen LogP contribution in [0.15, 0.2) is 102 Å². The van der Waals surface area contributed by atoms with Gasteiger partial charge < -0.3 is 15.0 Å². The number of carbonyl (C=O) groups excluding carboxylic acids is 2. The predicted molar refractivity (Wildman–Crippen MR) is 169 cm³/mol. The van der Waals surface area contributed by atoms with Crippen LogP contribution in [-0.4, -0.2) is 62.2 Å². The lowest BCUT2D eigenvalue weighted by atomic mass is 10.0. The van der Waals surface area contributed by atoms with Crippen molar-refractivity contribution in [3.8, 4) is 5.75 Å². The van der Waals surface area contributed by atoms with Gasteiger partial charge in [0.2, 0.25) is 21.8 Å². The maximum atomic E-state index is 14.1. The molecule has 0 unspecified atom stereocenters. The highest BCUT2D eigenvalue weighted by molar-refractivity contribution is 7.89. The van der Waals surface area contributed by atoms with Gasteiger partial charge in [-0.1, -0.05) is 79.7 Å². The molecule has 1 N–H and O–H groups in total. The summed E-state index contributed by atoms with van der Waals surface area (Å²) in [6.45, 7) is 3.53. The standard InChI is InChI=1S/C34H39N3O5S/c1-5-25(2)35-34(39)32(21-26-12-7-6-8-13-26)37(23-27-14-11-17-30(20-27)42-4)33(38)24-36(3)43(40,41)31-19-18-28-15-9-10-16-29(28)22-31/h6-20,22,25,32H,5,21,23-24H2,1-4H3,(H,35,39)/t25-,32+/m0/s1. The molecule has 0 bridgehead atoms. The molecular weight excluding hydrogens is 562 g/mol. The Bertz CT molecular complexity index is 1660. The van der Waals surface area contributed by atoms with Crippen molar-refractivity contribution in [3.05, 3.63) is 108 Å². The van der Waals surface area contributed by atoms with Crippen molar-refractivity contribution in [1.29, 1.82) is 0 Å². The molecule has 2 amide bonds. The molecule has 0 aliphatic carbocycles. The lowest BCUT2D eigenvalue weighted by Gasteiger charge is -2.33. The fourth-order valence-corrected chi connectivity index (χ4v) is 5.99. The Morgan fingerprint density at radius 1 is 0.860 bits per heavy atom. The van der Waals surface area contributed by atoms with Crippen molar-refractivity contribution in [2.45, 2.75) is 50.2 Å². The molecule has 0 heterocycles. The zero-order chi connectivity index (χ0) is 31.0. The van der Waals surface area contributed by atoms with E-state index in [2.05, 4.69) is 5.32 Å². The first kappa shape index (κ1) is 31.7. The molecule has 0 aromatic heterocycles. The predicted octanol–water partition coefficient (Wildman–Crippen LogP) is 5.02. The molecule has 0 spiro atoms. The number of ether oxygens (including phenoxy) is 1. The Balaban J connectivity index is 1.69. The van der Waals surface area contributed by atoms with Gasteiger partial charge in [0.25, 0.3) is 0 Å². The third kappa shape index (κ3) is 8.00. The maximum absolute atomic E-state index is 14.1. The van der Waals surface area contributed by atoms with Crippen LogP contribution in [0.2, 0.25) is 0 Å². The van der Waals surface area contributed by atoms with Crippen LogP contribution in [0.25, 0.3) is 10.8 Å². The van der Waals surface area contributed by atoms with Crippen molar-refractivity contribution < 1.29 is 22.7 Å². The van der Waals surface area contributed by atoms with Crippen LogP contribution in [0, 0.1) is 0 Å². The monoisotopic (exact) mass is 601 g/mol. The van der Waals surface area contributed by atoms with Crippen LogP contribution >= 0.6 is 0 Å². The van der Waals surface area contributed by atoms with E-state index < -0.39 is 28.5 Å². The number of rotatable bonds is 13. The summed E-state index contributed by atoms with van der Waals surface area (Å²) in [5.74, 6) is -0.172. The average molecular weight is 602 g/mol. The number of sulfonamides is 1. The molecule has 0 radical (unpaired) electrons. The average Bonchev–Trinajstić information content (AvgIpc) is 3.02. The van der Waals surface area contributed by atoms with Gasteiger partial charge in [-0.25, -0.2) is 8.42 Å². The van der Waals surface area contributed by atoms with E-state index in [0.717, 1.165) is 32.6 Å². The lowest BCUT2D eigenvalue weighted by molar-refractivity contribution is -0.141. The zero-order valence-corrected chi connectivity index (χ0v) is 25.9. The summed E-state index contributed by atoms with van der Waals surface area (Å²) in [4.78, 5) is 29.4. The number of nitrogens with one attached hydrogen (secondary N) is 1. The van der Waals surface area contributed by atoms with Crippen LogP contribution in [0.1, 0.15) is 31.4 Å². The van der Waals surface area contributed by atoms with E-state index in [4.69, 9.17) is 4.74 Å². The molecule has 226 valence electrons. The highest BCUT2D eigenvalue weighted by atomic mass is 32.2. The Morgan fingerprint density at radius 3 is 2.23 bits per heavy atom. The largest absolute Gasteiger partial charge is 0.497 e. The van der Waals surface area contributed by atoms with Gasteiger partial charge in [-0.3, -0.25) is 9.59 Å². The van der Waals surface area contributed by atoms with Gasteiger partial charge in [-0.15, -0.1) is 0 Å². The summed E-state index contributed by atoms with van der Waals surface area (Å²) in [5, 5.41) is 4.73. The summed E-state index contributed by atoms with van der Waals surface area (Å²) < 4.78 is 33.7. The summed E-state index contributed by atoms with van der Waals surface area (Å²) in [6.07, 6.45) is 0.986. The summed E-state index contributed by atoms with van der Waals surface area (Å²) >= 11 is 0. The van der Waals surface area contributed by atoms with Gasteiger partial charge >= 0.3 is 0 Å². The Kier molecular flexibility index (Phi) is 10.6. The van der Waals surface area contributed by atoms with Crippen LogP contribution in [0.5, 0.6) is 5.75 Å². The zero-order valence-electron chi connectivity index (χ0n) is 25.1. The molecule has 9 heteroatoms. The van der Waals surface area contributed by atoms with E-state index in [-0.39, 0.29) is 29.8 Å². The molecule has 0 aliphatic rings. The fraction of sp³-hybridized carbons (Fsp3) is 0.294. The highest BCUT2D eigenvalue weighted by Crippen LogP contribution is 2.23. The molecule has 8 nitrogen and oxygen atoms in total. The first-order valence-electron chi connectivity index (χ1n) is 14.3. The Labute approximate surface area is 254 Å². The molecule has 4 aromatic rings. The molecule has 0 saturated carbocycles. The number of likely N-dealkylation sites (N-methyl/N-ethyl adjacent to an activating group) is 1. The van der Waals surface area contributed by atoms with E-state index >= 15 is 0 Å². The van der Waals surface area contributed by atoms with Crippen LogP contribution in [-0.2, 0) is 32.6 Å². The van der Waals surface area contributed by atoms with Gasteiger partial charge in [0.05, 0.1) is 18.6 Å². The summed E-state index contributed by atoms with van der Waals surface area (Å²) in [5.41, 5.74) is 1.63. The first-order valence-corrected chi connectivity index (χ1v) is 15.8. The quantitative estimate of drug-likeness (QED) is 0.232. The first-order chi connectivity index (χ1) is 20.6. The number of fused-ring (bicyclic) bond motifs is 1. The smallest absolute Gasteiger partial charge is 0.243 e. The minimum absolute atomic E-state index is 0.0886. The van der Waals surface area contributed by atoms with E-state index in [1.54, 1.807) is 31.4 Å². The lowest BCUT2D eigenvalue weighted by Crippen LogP contribution is -2.54. The summed E-state index contributed by atoms with van der Waals surface area (Å²) in [7, 11) is -1.06. The number of methoxy groups -OCH3 is 1. The Morgan fingerprint density at radius 2 is 1.53 bits per heavy atom. The topological polar surface area (TPSA) is 96.0 Å². The minimum Gasteiger partial charge on any atom is -0.497 e. The summed E-state index contributed by atoms with van der Waals surface area (Å²) in [6, 6.07) is 28.2. The third-order valence-electron chi connectivity index (χ3n) is 7.55. The number of nitrogens with zero attached hydrogens (tertiary/aromatic N) is 2. The highest BCUT2D eigenvalue weighted by Gasteiger charge is 2.33. The van der Waals surface area contributed by atoms with E-state index in [0.29, 0.717) is 5.75 Å². The van der Waals surface area contributed by atoms with Gasteiger partial charge in [0.15, 0.2) is 0 Å². The Hall–Kier alpha value is -4.21.